The number of carbonyl (C=O) groups is 1. The van der Waals surface area contributed by atoms with Crippen LogP contribution in [0.5, 0.6) is 0 Å². The average molecular weight is 202 g/mol. The van der Waals surface area contributed by atoms with Crippen LogP contribution >= 0.6 is 0 Å². The summed E-state index contributed by atoms with van der Waals surface area (Å²) in [4.78, 5) is 11.0. The van der Waals surface area contributed by atoms with E-state index >= 15 is 0 Å². The number of hydrogen-bond acceptors (Lipinski definition) is 4. The normalized spacial score (nSPS) is 25.8. The molecule has 0 aromatic carbocycles. The Balaban J connectivity index is 2.38. The van der Waals surface area contributed by atoms with Crippen molar-refractivity contribution in [1.29, 1.82) is 0 Å². The first-order chi connectivity index (χ1) is 6.56. The van der Waals surface area contributed by atoms with Crippen LogP contribution in [0.4, 0.5) is 0 Å². The largest absolute Gasteiger partial charge is 0.465 e. The van der Waals surface area contributed by atoms with Crippen LogP contribution in [0.1, 0.15) is 27.2 Å². The lowest BCUT2D eigenvalue weighted by atomic mass is 9.91. The van der Waals surface area contributed by atoms with E-state index in [1.807, 2.05) is 13.8 Å². The highest BCUT2D eigenvalue weighted by Gasteiger charge is 2.34. The third-order valence-electron chi connectivity index (χ3n) is 2.55. The summed E-state index contributed by atoms with van der Waals surface area (Å²) in [5.41, 5.74) is -0.272. The van der Waals surface area contributed by atoms with Crippen molar-refractivity contribution >= 4 is 5.97 Å². The van der Waals surface area contributed by atoms with Crippen molar-refractivity contribution in [1.82, 2.24) is 0 Å². The van der Waals surface area contributed by atoms with E-state index in [9.17, 15) is 4.79 Å². The highest BCUT2D eigenvalue weighted by atomic mass is 16.7. The predicted molar refractivity (Wildman–Crippen MR) is 50.7 cm³/mol. The standard InChI is InChI=1S/C10H18O4/c1-4-9(11)13-6-8-5-12-7-14-10(8,2)3/h8H,4-7H2,1-3H3. The molecule has 14 heavy (non-hydrogen) atoms. The van der Waals surface area contributed by atoms with Gasteiger partial charge in [0.1, 0.15) is 6.79 Å². The van der Waals surface area contributed by atoms with Gasteiger partial charge in [0.15, 0.2) is 0 Å². The summed E-state index contributed by atoms with van der Waals surface area (Å²) in [6, 6.07) is 0. The maximum Gasteiger partial charge on any atom is 0.305 e. The van der Waals surface area contributed by atoms with E-state index in [1.54, 1.807) is 6.92 Å². The lowest BCUT2D eigenvalue weighted by Crippen LogP contribution is -2.45. The molecular weight excluding hydrogens is 184 g/mol. The third kappa shape index (κ3) is 2.96. The highest BCUT2D eigenvalue weighted by Crippen LogP contribution is 2.26. The molecule has 1 aliphatic heterocycles. The summed E-state index contributed by atoms with van der Waals surface area (Å²) in [7, 11) is 0. The zero-order valence-corrected chi connectivity index (χ0v) is 9.04. The van der Waals surface area contributed by atoms with E-state index in [4.69, 9.17) is 14.2 Å². The maximum absolute atomic E-state index is 11.0. The molecule has 0 aromatic rings. The Bertz CT molecular complexity index is 200. The number of hydrogen-bond donors (Lipinski definition) is 0. The zero-order chi connectivity index (χ0) is 10.6. The Labute approximate surface area is 84.5 Å². The maximum atomic E-state index is 11.0. The van der Waals surface area contributed by atoms with Gasteiger partial charge in [-0.15, -0.1) is 0 Å². The van der Waals surface area contributed by atoms with Crippen molar-refractivity contribution in [2.45, 2.75) is 32.8 Å². The Morgan fingerprint density at radius 3 is 2.86 bits per heavy atom. The second-order valence-corrected chi connectivity index (χ2v) is 3.97. The molecule has 1 heterocycles. The Morgan fingerprint density at radius 1 is 1.57 bits per heavy atom. The Kier molecular flexibility index (Phi) is 3.89. The van der Waals surface area contributed by atoms with Crippen LogP contribution in [0.3, 0.4) is 0 Å². The average Bonchev–Trinajstić information content (AvgIpc) is 2.15. The summed E-state index contributed by atoms with van der Waals surface area (Å²) < 4.78 is 15.7. The quantitative estimate of drug-likeness (QED) is 0.648. The van der Waals surface area contributed by atoms with Gasteiger partial charge in [-0.05, 0) is 13.8 Å². The molecule has 1 fully saturated rings. The van der Waals surface area contributed by atoms with Crippen molar-refractivity contribution in [2.75, 3.05) is 20.0 Å². The molecule has 1 saturated heterocycles. The first kappa shape index (κ1) is 11.5. The molecule has 0 bridgehead atoms. The minimum Gasteiger partial charge on any atom is -0.465 e. The van der Waals surface area contributed by atoms with Gasteiger partial charge in [-0.3, -0.25) is 4.79 Å². The van der Waals surface area contributed by atoms with Gasteiger partial charge in [0.25, 0.3) is 0 Å². The van der Waals surface area contributed by atoms with Gasteiger partial charge in [0.05, 0.1) is 18.8 Å². The van der Waals surface area contributed by atoms with Gasteiger partial charge in [-0.1, -0.05) is 6.92 Å². The lowest BCUT2D eigenvalue weighted by molar-refractivity contribution is -0.220. The fraction of sp³-hybridized carbons (Fsp3) is 0.900. The Hall–Kier alpha value is -0.610. The summed E-state index contributed by atoms with van der Waals surface area (Å²) >= 11 is 0. The van der Waals surface area contributed by atoms with Gasteiger partial charge in [0, 0.05) is 12.3 Å². The molecule has 82 valence electrons. The smallest absolute Gasteiger partial charge is 0.305 e. The van der Waals surface area contributed by atoms with Gasteiger partial charge in [-0.25, -0.2) is 0 Å². The van der Waals surface area contributed by atoms with E-state index in [1.165, 1.54) is 0 Å². The van der Waals surface area contributed by atoms with Crippen LogP contribution in [0, 0.1) is 5.92 Å². The van der Waals surface area contributed by atoms with E-state index in [0.29, 0.717) is 26.4 Å². The predicted octanol–water partition coefficient (Wildman–Crippen LogP) is 1.34. The van der Waals surface area contributed by atoms with E-state index in [-0.39, 0.29) is 17.5 Å². The molecule has 1 rings (SSSR count). The molecule has 0 aromatic heterocycles. The molecule has 4 nitrogen and oxygen atoms in total. The second-order valence-electron chi connectivity index (χ2n) is 3.97. The minimum absolute atomic E-state index is 0.117. The van der Waals surface area contributed by atoms with Gasteiger partial charge < -0.3 is 14.2 Å². The van der Waals surface area contributed by atoms with Gasteiger partial charge >= 0.3 is 5.97 Å². The first-order valence-electron chi connectivity index (χ1n) is 4.93. The van der Waals surface area contributed by atoms with Crippen molar-refractivity contribution in [3.05, 3.63) is 0 Å². The number of ether oxygens (including phenoxy) is 3. The van der Waals surface area contributed by atoms with Gasteiger partial charge in [0.2, 0.25) is 0 Å². The molecule has 0 N–H and O–H groups in total. The van der Waals surface area contributed by atoms with Crippen molar-refractivity contribution < 1.29 is 19.0 Å². The summed E-state index contributed by atoms with van der Waals surface area (Å²) in [6.07, 6.45) is 0.412. The van der Waals surface area contributed by atoms with Gasteiger partial charge in [-0.2, -0.15) is 0 Å². The third-order valence-corrected chi connectivity index (χ3v) is 2.55. The lowest BCUT2D eigenvalue weighted by Gasteiger charge is -2.37. The number of rotatable bonds is 3. The second kappa shape index (κ2) is 4.75. The number of esters is 1. The van der Waals surface area contributed by atoms with Crippen LogP contribution in [-0.2, 0) is 19.0 Å². The van der Waals surface area contributed by atoms with Crippen molar-refractivity contribution in [3.8, 4) is 0 Å². The van der Waals surface area contributed by atoms with Crippen LogP contribution < -0.4 is 0 Å². The molecule has 0 amide bonds. The topological polar surface area (TPSA) is 44.8 Å². The molecule has 0 saturated carbocycles. The fourth-order valence-corrected chi connectivity index (χ4v) is 1.25. The zero-order valence-electron chi connectivity index (χ0n) is 9.04. The minimum atomic E-state index is -0.272. The van der Waals surface area contributed by atoms with E-state index < -0.39 is 0 Å². The molecule has 1 aliphatic rings. The Morgan fingerprint density at radius 2 is 2.29 bits per heavy atom. The fourth-order valence-electron chi connectivity index (χ4n) is 1.25. The van der Waals surface area contributed by atoms with Crippen LogP contribution in [-0.4, -0.2) is 31.6 Å². The SMILES string of the molecule is CCC(=O)OCC1COCOC1(C)C. The van der Waals surface area contributed by atoms with Crippen molar-refractivity contribution in [3.63, 3.8) is 0 Å². The molecule has 1 unspecified atom stereocenters. The van der Waals surface area contributed by atoms with Crippen LogP contribution in [0.15, 0.2) is 0 Å². The summed E-state index contributed by atoms with van der Waals surface area (Å²) in [6.45, 7) is 7.04. The molecular formula is C10H18O4. The summed E-state index contributed by atoms with van der Waals surface area (Å²) in [5.74, 6) is -0.0573. The van der Waals surface area contributed by atoms with Crippen molar-refractivity contribution in [2.24, 2.45) is 5.92 Å². The summed E-state index contributed by atoms with van der Waals surface area (Å²) in [5, 5.41) is 0. The monoisotopic (exact) mass is 202 g/mol. The molecule has 0 spiro atoms. The van der Waals surface area contributed by atoms with E-state index in [2.05, 4.69) is 0 Å². The van der Waals surface area contributed by atoms with E-state index in [0.717, 1.165) is 0 Å². The highest BCUT2D eigenvalue weighted by molar-refractivity contribution is 5.68. The first-order valence-corrected chi connectivity index (χ1v) is 4.93. The number of carbonyl (C=O) groups excluding carboxylic acids is 1. The molecule has 0 aliphatic carbocycles. The molecule has 0 radical (unpaired) electrons. The molecule has 4 heteroatoms. The molecule has 1 atom stereocenters. The van der Waals surface area contributed by atoms with Crippen LogP contribution in [0.25, 0.3) is 0 Å². The van der Waals surface area contributed by atoms with Crippen LogP contribution in [0.2, 0.25) is 0 Å².